The van der Waals surface area contributed by atoms with Gasteiger partial charge in [-0.1, -0.05) is 23.3 Å². The lowest BCUT2D eigenvalue weighted by Gasteiger charge is -2.31. The SMILES string of the molecule is C/C=C1\C[C@H]2C=Nc3cc(OCc4cc(OCCN(CC(C)(C)SC)C(=O)CCOCCOCCOCCOCCOCCOC)cc(COc5cc6c(cc5OC)C(=O)N5C/C(=C/C)C[C@H]5C=N6)n4)c(OC)cc3C(=O)N2C1. The molecule has 2 saturated heterocycles. The molecule has 430 valence electrons. The van der Waals surface area contributed by atoms with Gasteiger partial charge in [0, 0.05) is 68.2 Å². The second-order valence-corrected chi connectivity index (χ2v) is 21.2. The van der Waals surface area contributed by atoms with Crippen LogP contribution in [0.5, 0.6) is 28.7 Å². The van der Waals surface area contributed by atoms with E-state index in [-0.39, 0.29) is 67.4 Å². The largest absolute Gasteiger partial charge is 0.493 e. The summed E-state index contributed by atoms with van der Waals surface area (Å²) >= 11 is 1.68. The highest BCUT2D eigenvalue weighted by Crippen LogP contribution is 2.41. The second-order valence-electron chi connectivity index (χ2n) is 19.7. The number of rotatable bonds is 33. The Morgan fingerprint density at radius 2 is 1.09 bits per heavy atom. The average Bonchev–Trinajstić information content (AvgIpc) is 4.19. The summed E-state index contributed by atoms with van der Waals surface area (Å²) in [6, 6.07) is 10.1. The molecule has 7 rings (SSSR count). The molecule has 2 fully saturated rings. The van der Waals surface area contributed by atoms with Crippen LogP contribution in [0.4, 0.5) is 11.4 Å². The quantitative estimate of drug-likeness (QED) is 0.0429. The van der Waals surface area contributed by atoms with E-state index in [1.807, 2.05) is 47.2 Å². The number of fused-ring (bicyclic) bond motifs is 4. The van der Waals surface area contributed by atoms with Gasteiger partial charge in [-0.3, -0.25) is 29.4 Å². The normalized spacial score (nSPS) is 17.6. The lowest BCUT2D eigenvalue weighted by molar-refractivity contribution is -0.133. The summed E-state index contributed by atoms with van der Waals surface area (Å²) in [6.07, 6.45) is 11.4. The van der Waals surface area contributed by atoms with Crippen LogP contribution in [-0.4, -0.2) is 200 Å². The molecule has 0 N–H and O–H groups in total. The number of allylic oxidation sites excluding steroid dienone is 2. The summed E-state index contributed by atoms with van der Waals surface area (Å²) in [5.41, 5.74) is 5.21. The summed E-state index contributed by atoms with van der Waals surface area (Å²) in [5.74, 6) is 1.66. The maximum atomic E-state index is 13.8. The molecule has 0 bridgehead atoms. The molecule has 2 atom stereocenters. The minimum Gasteiger partial charge on any atom is -0.493 e. The zero-order chi connectivity index (χ0) is 56.2. The highest BCUT2D eigenvalue weighted by molar-refractivity contribution is 7.99. The van der Waals surface area contributed by atoms with E-state index in [1.165, 1.54) is 25.4 Å². The number of hydrogen-bond acceptors (Lipinski definition) is 18. The number of carbonyl (C=O) groups excluding carboxylic acids is 3. The van der Waals surface area contributed by atoms with Crippen LogP contribution in [0.2, 0.25) is 0 Å². The van der Waals surface area contributed by atoms with Crippen molar-refractivity contribution in [1.29, 1.82) is 0 Å². The van der Waals surface area contributed by atoms with Crippen molar-refractivity contribution in [3.05, 3.63) is 82.2 Å². The lowest BCUT2D eigenvalue weighted by Crippen LogP contribution is -2.43. The zero-order valence-corrected chi connectivity index (χ0v) is 47.9. The minimum absolute atomic E-state index is 0.0180. The van der Waals surface area contributed by atoms with Gasteiger partial charge in [-0.25, -0.2) is 0 Å². The van der Waals surface area contributed by atoms with Gasteiger partial charge >= 0.3 is 0 Å². The molecule has 1 aromatic heterocycles. The van der Waals surface area contributed by atoms with Crippen LogP contribution in [-0.2, 0) is 46.4 Å². The molecule has 0 aliphatic carbocycles. The van der Waals surface area contributed by atoms with Crippen molar-refractivity contribution in [2.75, 3.05) is 133 Å². The summed E-state index contributed by atoms with van der Waals surface area (Å²) in [7, 11) is 4.69. The van der Waals surface area contributed by atoms with Crippen LogP contribution < -0.4 is 23.7 Å². The maximum absolute atomic E-state index is 13.8. The molecule has 0 radical (unpaired) electrons. The highest BCUT2D eigenvalue weighted by Gasteiger charge is 2.36. The van der Waals surface area contributed by atoms with Gasteiger partial charge in [-0.2, -0.15) is 11.8 Å². The molecule has 0 unspecified atom stereocenters. The Labute approximate surface area is 468 Å². The molecule has 4 aliphatic rings. The highest BCUT2D eigenvalue weighted by atomic mass is 32.2. The van der Waals surface area contributed by atoms with Crippen molar-refractivity contribution in [2.45, 2.75) is 77.0 Å². The van der Waals surface area contributed by atoms with Crippen molar-refractivity contribution in [3.8, 4) is 28.7 Å². The molecule has 2 aromatic carbocycles. The van der Waals surface area contributed by atoms with Gasteiger partial charge in [0.25, 0.3) is 11.8 Å². The third kappa shape index (κ3) is 17.2. The maximum Gasteiger partial charge on any atom is 0.257 e. The third-order valence-electron chi connectivity index (χ3n) is 13.8. The van der Waals surface area contributed by atoms with Gasteiger partial charge in [0.05, 0.1) is 146 Å². The molecule has 0 saturated carbocycles. The first-order valence-electron chi connectivity index (χ1n) is 26.9. The Kier molecular flexibility index (Phi) is 23.4. The van der Waals surface area contributed by atoms with Crippen molar-refractivity contribution in [1.82, 2.24) is 19.7 Å². The number of aromatic nitrogens is 1. The molecule has 4 aliphatic heterocycles. The van der Waals surface area contributed by atoms with Gasteiger partial charge in [-0.05, 0) is 58.9 Å². The first-order valence-corrected chi connectivity index (χ1v) is 28.1. The van der Waals surface area contributed by atoms with Gasteiger partial charge < -0.3 is 66.8 Å². The first kappa shape index (κ1) is 60.6. The van der Waals surface area contributed by atoms with Crippen LogP contribution in [0, 0.1) is 0 Å². The number of benzene rings is 2. The predicted octanol–water partition coefficient (Wildman–Crippen LogP) is 7.48. The third-order valence-corrected chi connectivity index (χ3v) is 15.0. The van der Waals surface area contributed by atoms with Crippen molar-refractivity contribution in [2.24, 2.45) is 9.98 Å². The molecule has 5 heterocycles. The number of hydrogen-bond donors (Lipinski definition) is 0. The molecular weight excluding hydrogens is 1040 g/mol. The Morgan fingerprint density at radius 3 is 1.52 bits per heavy atom. The van der Waals surface area contributed by atoms with Crippen molar-refractivity contribution >= 4 is 53.3 Å². The van der Waals surface area contributed by atoms with Gasteiger partial charge in [-0.15, -0.1) is 0 Å². The Balaban J connectivity index is 0.995. The summed E-state index contributed by atoms with van der Waals surface area (Å²) in [4.78, 5) is 61.3. The lowest BCUT2D eigenvalue weighted by atomic mass is 10.1. The number of carbonyl (C=O) groups is 3. The van der Waals surface area contributed by atoms with Crippen LogP contribution in [0.1, 0.15) is 79.1 Å². The fourth-order valence-electron chi connectivity index (χ4n) is 9.21. The minimum atomic E-state index is -0.229. The van der Waals surface area contributed by atoms with Gasteiger partial charge in [0.1, 0.15) is 25.6 Å². The zero-order valence-electron chi connectivity index (χ0n) is 47.1. The number of nitrogens with zero attached hydrogens (tertiary/aromatic N) is 6. The predicted molar refractivity (Wildman–Crippen MR) is 302 cm³/mol. The molecule has 3 aromatic rings. The van der Waals surface area contributed by atoms with E-state index < -0.39 is 0 Å². The summed E-state index contributed by atoms with van der Waals surface area (Å²) < 4.78 is 63.4. The van der Waals surface area contributed by atoms with E-state index in [9.17, 15) is 14.4 Å². The number of thioether (sulfide) groups is 1. The number of methoxy groups -OCH3 is 3. The van der Waals surface area contributed by atoms with Gasteiger partial charge in [0.2, 0.25) is 5.91 Å². The number of ether oxygens (including phenoxy) is 11. The van der Waals surface area contributed by atoms with E-state index >= 15 is 0 Å². The Bertz CT molecular complexity index is 2530. The number of aliphatic imine (C=N–C) groups is 2. The molecule has 3 amide bonds. The monoisotopic (exact) mass is 1110 g/mol. The van der Waals surface area contributed by atoms with Crippen LogP contribution in [0.15, 0.2) is 69.7 Å². The smallest absolute Gasteiger partial charge is 0.257 e. The van der Waals surface area contributed by atoms with Crippen LogP contribution in [0.25, 0.3) is 0 Å². The number of pyridine rings is 1. The fourth-order valence-corrected chi connectivity index (χ4v) is 9.50. The Morgan fingerprint density at radius 1 is 0.633 bits per heavy atom. The van der Waals surface area contributed by atoms with Crippen LogP contribution in [0.3, 0.4) is 0 Å². The fraction of sp³-hybridized carbons (Fsp3) is 0.552. The van der Waals surface area contributed by atoms with Crippen LogP contribution >= 0.6 is 11.8 Å². The van der Waals surface area contributed by atoms with Crippen molar-refractivity contribution in [3.63, 3.8) is 0 Å². The number of amides is 3. The average molecular weight is 1120 g/mol. The first-order chi connectivity index (χ1) is 38.4. The van der Waals surface area contributed by atoms with E-state index in [2.05, 4.69) is 26.0 Å². The standard InChI is InChI=1S/C58H78N6O14S/c1-9-40-25-44-33-59-49-31-53(51(69-6)29-47(49)56(66)63(44)35-40)77-37-42-27-46(28-43(61-42)38-78-54-32-50-48(30-52(54)70-7)57(67)64-36-41(10-2)26-45(64)34-60-50)76-14-12-62(39-58(3,4)79-8)55(65)11-13-71-17-18-73-21-22-75-24-23-74-20-19-72-16-15-68-5/h9-10,27-34,44-45H,11-26,35-39H2,1-8H3/b40-9+,41-10+/t44-,45-/m0/s1. The van der Waals surface area contributed by atoms with E-state index in [4.69, 9.17) is 67.1 Å². The topological polar surface area (TPSA) is 200 Å². The van der Waals surface area contributed by atoms with Gasteiger partial charge in [0.15, 0.2) is 23.0 Å². The molecular formula is C58H78N6O14S. The summed E-state index contributed by atoms with van der Waals surface area (Å²) in [6.45, 7) is 15.0. The second kappa shape index (κ2) is 30.5. The summed E-state index contributed by atoms with van der Waals surface area (Å²) in [5, 5.41) is 0. The van der Waals surface area contributed by atoms with E-state index in [0.717, 1.165) is 12.8 Å². The molecule has 0 spiro atoms. The Hall–Kier alpha value is -6.07. The molecule has 79 heavy (non-hydrogen) atoms. The molecule has 20 nitrogen and oxygen atoms in total. The van der Waals surface area contributed by atoms with Crippen molar-refractivity contribution < 1.29 is 66.5 Å². The van der Waals surface area contributed by atoms with E-state index in [0.29, 0.717) is 155 Å². The van der Waals surface area contributed by atoms with E-state index in [1.54, 1.807) is 55.3 Å². The molecule has 21 heteroatoms.